The van der Waals surface area contributed by atoms with Crippen LogP contribution in [0.3, 0.4) is 0 Å². The lowest BCUT2D eigenvalue weighted by Crippen LogP contribution is -2.26. The molecule has 0 spiro atoms. The maximum atomic E-state index is 12.1. The molecule has 0 bridgehead atoms. The number of aromatic nitrogens is 3. The highest BCUT2D eigenvalue weighted by Crippen LogP contribution is 2.22. The number of thiophene rings is 1. The topological polar surface area (TPSA) is 63.0 Å². The summed E-state index contributed by atoms with van der Waals surface area (Å²) in [7, 11) is 2.14. The van der Waals surface area contributed by atoms with E-state index in [1.54, 1.807) is 16.8 Å². The fourth-order valence-corrected chi connectivity index (χ4v) is 3.98. The minimum atomic E-state index is -0.158. The summed E-state index contributed by atoms with van der Waals surface area (Å²) in [4.78, 5) is 15.0. The van der Waals surface area contributed by atoms with Gasteiger partial charge < -0.3 is 10.2 Å². The Kier molecular flexibility index (Phi) is 4.76. The molecule has 134 valence electrons. The summed E-state index contributed by atoms with van der Waals surface area (Å²) in [6.07, 6.45) is 2.89. The van der Waals surface area contributed by atoms with Crippen molar-refractivity contribution in [1.29, 1.82) is 0 Å². The van der Waals surface area contributed by atoms with E-state index in [0.717, 1.165) is 25.2 Å². The van der Waals surface area contributed by atoms with Crippen LogP contribution >= 0.6 is 22.9 Å². The molecule has 0 fully saturated rings. The zero-order chi connectivity index (χ0) is 18.1. The molecule has 8 heteroatoms. The molecule has 2 aromatic heterocycles. The van der Waals surface area contributed by atoms with E-state index in [1.165, 1.54) is 22.5 Å². The van der Waals surface area contributed by atoms with Crippen LogP contribution in [0.4, 0.5) is 0 Å². The summed E-state index contributed by atoms with van der Waals surface area (Å²) in [6, 6.07) is 9.81. The first-order valence-electron chi connectivity index (χ1n) is 8.34. The zero-order valence-corrected chi connectivity index (χ0v) is 15.8. The molecule has 1 aliphatic rings. The molecular weight excluding hydrogens is 370 g/mol. The number of likely N-dealkylation sites (N-methyl/N-ethyl adjacent to an activating group) is 1. The molecule has 0 unspecified atom stereocenters. The lowest BCUT2D eigenvalue weighted by molar-refractivity contribution is 0.0954. The molecule has 4 rings (SSSR count). The second-order valence-electron chi connectivity index (χ2n) is 6.38. The van der Waals surface area contributed by atoms with Gasteiger partial charge in [-0.25, -0.2) is 4.68 Å². The van der Waals surface area contributed by atoms with Gasteiger partial charge in [0.2, 0.25) is 0 Å². The van der Waals surface area contributed by atoms with Crippen molar-refractivity contribution in [1.82, 2.24) is 25.2 Å². The summed E-state index contributed by atoms with van der Waals surface area (Å²) in [6.45, 7) is 2.37. The average molecular weight is 388 g/mol. The first-order valence-corrected chi connectivity index (χ1v) is 9.53. The molecule has 26 heavy (non-hydrogen) atoms. The summed E-state index contributed by atoms with van der Waals surface area (Å²) in [5, 5.41) is 11.2. The number of carbonyl (C=O) groups excluding carboxylic acids is 1. The summed E-state index contributed by atoms with van der Waals surface area (Å²) < 4.78 is 2.35. The molecule has 0 saturated carbocycles. The largest absolute Gasteiger partial charge is 0.346 e. The van der Waals surface area contributed by atoms with Gasteiger partial charge in [0.15, 0.2) is 0 Å². The minimum Gasteiger partial charge on any atom is -0.346 e. The molecule has 1 aliphatic heterocycles. The molecule has 1 amide bonds. The highest BCUT2D eigenvalue weighted by Gasteiger charge is 2.14. The third-order valence-electron chi connectivity index (χ3n) is 4.43. The molecule has 3 heterocycles. The predicted molar refractivity (Wildman–Crippen MR) is 102 cm³/mol. The molecule has 1 N–H and O–H groups in total. The number of rotatable bonds is 4. The maximum Gasteiger partial charge on any atom is 0.261 e. The normalized spacial score (nSPS) is 14.2. The highest BCUT2D eigenvalue weighted by molar-refractivity contribution is 7.17. The highest BCUT2D eigenvalue weighted by atomic mass is 35.5. The van der Waals surface area contributed by atoms with Crippen molar-refractivity contribution in [2.75, 3.05) is 13.6 Å². The molecule has 6 nitrogen and oxygen atoms in total. The van der Waals surface area contributed by atoms with Crippen molar-refractivity contribution in [3.05, 3.63) is 62.6 Å². The molecule has 3 aromatic rings. The first kappa shape index (κ1) is 17.2. The monoisotopic (exact) mass is 387 g/mol. The molecule has 1 aromatic carbocycles. The van der Waals surface area contributed by atoms with E-state index in [-0.39, 0.29) is 5.91 Å². The number of halogens is 1. The van der Waals surface area contributed by atoms with Gasteiger partial charge in [0.25, 0.3) is 5.91 Å². The number of nitrogens with one attached hydrogen (secondary N) is 1. The summed E-state index contributed by atoms with van der Waals surface area (Å²) in [5.74, 6) is -0.158. The van der Waals surface area contributed by atoms with E-state index in [9.17, 15) is 4.79 Å². The fraction of sp³-hybridized carbons (Fsp3) is 0.278. The fourth-order valence-electron chi connectivity index (χ4n) is 3.02. The standard InChI is InChI=1S/C18H18ClN5OS/c1-23-7-6-12-8-15(3-2-13(12)10-23)24-11-14(21-22-24)9-20-18(25)16-4-5-17(19)26-16/h2-5,8,11H,6-7,9-10H2,1H3,(H,20,25). The number of nitrogens with zero attached hydrogens (tertiary/aromatic N) is 4. The van der Waals surface area contributed by atoms with Gasteiger partial charge in [-0.05, 0) is 48.9 Å². The smallest absolute Gasteiger partial charge is 0.261 e. The van der Waals surface area contributed by atoms with Gasteiger partial charge in [0, 0.05) is 13.1 Å². The van der Waals surface area contributed by atoms with Crippen LogP contribution in [0, 0.1) is 0 Å². The van der Waals surface area contributed by atoms with E-state index >= 15 is 0 Å². The van der Waals surface area contributed by atoms with Crippen molar-refractivity contribution in [3.63, 3.8) is 0 Å². The van der Waals surface area contributed by atoms with Crippen molar-refractivity contribution in [2.45, 2.75) is 19.5 Å². The van der Waals surface area contributed by atoms with Gasteiger partial charge in [-0.15, -0.1) is 16.4 Å². The van der Waals surface area contributed by atoms with E-state index < -0.39 is 0 Å². The van der Waals surface area contributed by atoms with Crippen molar-refractivity contribution in [2.24, 2.45) is 0 Å². The number of benzene rings is 1. The van der Waals surface area contributed by atoms with E-state index in [1.807, 2.05) is 6.20 Å². The molecular formula is C18H18ClN5OS. The molecule has 0 saturated heterocycles. The van der Waals surface area contributed by atoms with Gasteiger partial charge in [-0.2, -0.15) is 0 Å². The van der Waals surface area contributed by atoms with Gasteiger partial charge >= 0.3 is 0 Å². The Morgan fingerprint density at radius 3 is 3.00 bits per heavy atom. The van der Waals surface area contributed by atoms with Crippen LogP contribution in [0.25, 0.3) is 5.69 Å². The second-order valence-corrected chi connectivity index (χ2v) is 8.10. The third kappa shape index (κ3) is 3.65. The Morgan fingerprint density at radius 2 is 2.19 bits per heavy atom. The number of hydrogen-bond acceptors (Lipinski definition) is 5. The summed E-state index contributed by atoms with van der Waals surface area (Å²) >= 11 is 7.12. The molecule has 0 radical (unpaired) electrons. The van der Waals surface area contributed by atoms with Gasteiger partial charge in [-0.3, -0.25) is 4.79 Å². The SMILES string of the molecule is CN1CCc2cc(-n3cc(CNC(=O)c4ccc(Cl)s4)nn3)ccc2C1. The Labute approximate surface area is 160 Å². The Hall–Kier alpha value is -2.22. The van der Waals surface area contributed by atoms with E-state index in [0.29, 0.717) is 21.5 Å². The van der Waals surface area contributed by atoms with Crippen LogP contribution < -0.4 is 5.32 Å². The quantitative estimate of drug-likeness (QED) is 0.747. The van der Waals surface area contributed by atoms with Crippen molar-refractivity contribution in [3.8, 4) is 5.69 Å². The Bertz CT molecular complexity index is 951. The van der Waals surface area contributed by atoms with Crippen LogP contribution in [-0.2, 0) is 19.5 Å². The van der Waals surface area contributed by atoms with Crippen molar-refractivity contribution < 1.29 is 4.79 Å². The second kappa shape index (κ2) is 7.19. The van der Waals surface area contributed by atoms with Crippen LogP contribution in [0.15, 0.2) is 36.5 Å². The van der Waals surface area contributed by atoms with Crippen LogP contribution in [0.5, 0.6) is 0 Å². The lowest BCUT2D eigenvalue weighted by atomic mass is 9.99. The predicted octanol–water partition coefficient (Wildman–Crippen LogP) is 2.90. The van der Waals surface area contributed by atoms with Crippen LogP contribution in [0.1, 0.15) is 26.5 Å². The van der Waals surface area contributed by atoms with Crippen LogP contribution in [-0.4, -0.2) is 39.4 Å². The van der Waals surface area contributed by atoms with E-state index in [2.05, 4.69) is 45.8 Å². The van der Waals surface area contributed by atoms with Gasteiger partial charge in [-0.1, -0.05) is 22.9 Å². The average Bonchev–Trinajstić information content (AvgIpc) is 3.28. The molecule has 0 aliphatic carbocycles. The molecule has 0 atom stereocenters. The van der Waals surface area contributed by atoms with Gasteiger partial charge in [0.05, 0.1) is 27.6 Å². The lowest BCUT2D eigenvalue weighted by Gasteiger charge is -2.25. The van der Waals surface area contributed by atoms with E-state index in [4.69, 9.17) is 11.6 Å². The minimum absolute atomic E-state index is 0.158. The van der Waals surface area contributed by atoms with Crippen molar-refractivity contribution >= 4 is 28.8 Å². The third-order valence-corrected chi connectivity index (χ3v) is 5.66. The Morgan fingerprint density at radius 1 is 1.31 bits per heavy atom. The Balaban J connectivity index is 1.44. The number of hydrogen-bond donors (Lipinski definition) is 1. The number of amides is 1. The first-order chi connectivity index (χ1) is 12.6. The number of fused-ring (bicyclic) bond motifs is 1. The summed E-state index contributed by atoms with van der Waals surface area (Å²) in [5.41, 5.74) is 4.42. The number of carbonyl (C=O) groups is 1. The zero-order valence-electron chi connectivity index (χ0n) is 14.3. The maximum absolute atomic E-state index is 12.1. The van der Waals surface area contributed by atoms with Crippen LogP contribution in [0.2, 0.25) is 4.34 Å². The van der Waals surface area contributed by atoms with Gasteiger partial charge in [0.1, 0.15) is 5.69 Å².